The summed E-state index contributed by atoms with van der Waals surface area (Å²) in [5, 5.41) is 25.9. The summed E-state index contributed by atoms with van der Waals surface area (Å²) < 4.78 is 5.80. The van der Waals surface area contributed by atoms with Crippen molar-refractivity contribution in [3.8, 4) is 11.4 Å². The lowest BCUT2D eigenvalue weighted by atomic mass is 10.1. The number of anilines is 4. The van der Waals surface area contributed by atoms with Crippen LogP contribution in [0, 0.1) is 0 Å². The van der Waals surface area contributed by atoms with Gasteiger partial charge in [-0.3, -0.25) is 4.79 Å². The van der Waals surface area contributed by atoms with Crippen molar-refractivity contribution in [1.82, 2.24) is 24.8 Å². The predicted octanol–water partition coefficient (Wildman–Crippen LogP) is 2.26. The standard InChI is InChI=1S/C34H43N9O5/c1-40-14-16-41(17-15-40)31(46)23-4-8-25(9-5-23)36-34(47)35-24-6-2-22(3-7-24)30-37-32(42-26(18-44)10-11-27(42)19-45)39-33(38-30)43-28-12-13-29(43)21-48-20-28/h2-9,26-29,44-45H,10-21H2,1H3,(H2,35,36,47)/t26-,27+,28?,29?. The van der Waals surface area contributed by atoms with Gasteiger partial charge in [0.15, 0.2) is 5.82 Å². The summed E-state index contributed by atoms with van der Waals surface area (Å²) >= 11 is 0. The van der Waals surface area contributed by atoms with E-state index in [1.807, 2.05) is 21.9 Å². The maximum Gasteiger partial charge on any atom is 0.323 e. The molecular formula is C34H43N9O5. The third-order valence-corrected chi connectivity index (χ3v) is 9.94. The molecule has 2 bridgehead atoms. The highest BCUT2D eigenvalue weighted by molar-refractivity contribution is 6.00. The molecule has 14 heteroatoms. The number of fused-ring (bicyclic) bond motifs is 2. The van der Waals surface area contributed by atoms with Crippen molar-refractivity contribution in [2.45, 2.75) is 49.9 Å². The van der Waals surface area contributed by atoms with Crippen LogP contribution in [-0.2, 0) is 4.74 Å². The number of piperazine rings is 1. The molecule has 1 aromatic heterocycles. The third kappa shape index (κ3) is 6.65. The molecule has 4 aliphatic heterocycles. The number of carbonyl (C=O) groups is 2. The Morgan fingerprint density at radius 1 is 0.750 bits per heavy atom. The first-order valence-electron chi connectivity index (χ1n) is 16.8. The van der Waals surface area contributed by atoms with E-state index in [1.54, 1.807) is 36.4 Å². The summed E-state index contributed by atoms with van der Waals surface area (Å²) in [7, 11) is 2.05. The zero-order valence-corrected chi connectivity index (χ0v) is 27.2. The molecule has 4 aliphatic rings. The molecule has 0 radical (unpaired) electrons. The number of nitrogens with one attached hydrogen (secondary N) is 2. The number of aliphatic hydroxyl groups excluding tert-OH is 2. The molecule has 254 valence electrons. The van der Waals surface area contributed by atoms with Crippen LogP contribution in [0.3, 0.4) is 0 Å². The summed E-state index contributed by atoms with van der Waals surface area (Å²) in [5.41, 5.74) is 2.49. The molecule has 48 heavy (non-hydrogen) atoms. The van der Waals surface area contributed by atoms with Gasteiger partial charge in [-0.05, 0) is 81.3 Å². The van der Waals surface area contributed by atoms with Gasteiger partial charge >= 0.3 is 6.03 Å². The van der Waals surface area contributed by atoms with E-state index in [2.05, 4.69) is 27.5 Å². The van der Waals surface area contributed by atoms with Gasteiger partial charge in [-0.15, -0.1) is 0 Å². The van der Waals surface area contributed by atoms with Crippen molar-refractivity contribution in [1.29, 1.82) is 0 Å². The molecule has 14 nitrogen and oxygen atoms in total. The van der Waals surface area contributed by atoms with E-state index in [0.717, 1.165) is 44.3 Å². The van der Waals surface area contributed by atoms with Gasteiger partial charge in [0.25, 0.3) is 5.91 Å². The van der Waals surface area contributed by atoms with Gasteiger partial charge in [-0.1, -0.05) is 0 Å². The first-order chi connectivity index (χ1) is 23.4. The molecular weight excluding hydrogens is 614 g/mol. The van der Waals surface area contributed by atoms with Gasteiger partial charge in [-0.2, -0.15) is 15.0 Å². The van der Waals surface area contributed by atoms with Crippen molar-refractivity contribution >= 4 is 35.2 Å². The lowest BCUT2D eigenvalue weighted by Crippen LogP contribution is -2.47. The minimum atomic E-state index is -0.410. The number of urea groups is 1. The first-order valence-corrected chi connectivity index (χ1v) is 16.8. The second-order valence-electron chi connectivity index (χ2n) is 13.1. The number of ether oxygens (including phenoxy) is 1. The van der Waals surface area contributed by atoms with Crippen molar-refractivity contribution in [2.24, 2.45) is 0 Å². The molecule has 0 aliphatic carbocycles. The number of nitrogens with zero attached hydrogens (tertiary/aromatic N) is 7. The molecule has 0 spiro atoms. The van der Waals surface area contributed by atoms with Crippen molar-refractivity contribution in [3.05, 3.63) is 54.1 Å². The van der Waals surface area contributed by atoms with E-state index < -0.39 is 6.03 Å². The van der Waals surface area contributed by atoms with Crippen LogP contribution < -0.4 is 20.4 Å². The summed E-state index contributed by atoms with van der Waals surface area (Å²) in [6, 6.07) is 13.8. The third-order valence-electron chi connectivity index (χ3n) is 9.94. The SMILES string of the molecule is CN1CCN(C(=O)c2ccc(NC(=O)Nc3ccc(-c4nc(N5C6CCC5COC6)nc(N5[C@H](CO)CC[C@@H]5CO)n4)cc3)cc2)CC1. The van der Waals surface area contributed by atoms with Gasteiger partial charge in [0.05, 0.1) is 50.6 Å². The topological polar surface area (TPSA) is 160 Å². The number of carbonyl (C=O) groups excluding carboxylic acids is 2. The summed E-state index contributed by atoms with van der Waals surface area (Å²) in [6.07, 6.45) is 3.49. The Labute approximate surface area is 279 Å². The average Bonchev–Trinajstić information content (AvgIpc) is 3.65. The van der Waals surface area contributed by atoms with Crippen LogP contribution in [0.4, 0.5) is 28.1 Å². The fraction of sp³-hybridized carbons (Fsp3) is 0.500. The maximum absolute atomic E-state index is 12.8. The van der Waals surface area contributed by atoms with Crippen LogP contribution in [0.15, 0.2) is 48.5 Å². The van der Waals surface area contributed by atoms with Gasteiger partial charge < -0.3 is 45.2 Å². The molecule has 2 aromatic carbocycles. The van der Waals surface area contributed by atoms with Gasteiger partial charge in [0, 0.05) is 48.7 Å². The highest BCUT2D eigenvalue weighted by Crippen LogP contribution is 2.36. The lowest BCUT2D eigenvalue weighted by molar-refractivity contribution is 0.0664. The second-order valence-corrected chi connectivity index (χ2v) is 13.1. The largest absolute Gasteiger partial charge is 0.394 e. The number of benzene rings is 2. The van der Waals surface area contributed by atoms with E-state index in [9.17, 15) is 19.8 Å². The number of rotatable bonds is 8. The van der Waals surface area contributed by atoms with E-state index >= 15 is 0 Å². The second kappa shape index (κ2) is 14.0. The van der Waals surface area contributed by atoms with Crippen molar-refractivity contribution < 1.29 is 24.5 Å². The van der Waals surface area contributed by atoms with E-state index in [4.69, 9.17) is 19.7 Å². The van der Waals surface area contributed by atoms with E-state index in [1.165, 1.54) is 0 Å². The Morgan fingerprint density at radius 2 is 1.29 bits per heavy atom. The smallest absolute Gasteiger partial charge is 0.323 e. The van der Waals surface area contributed by atoms with Crippen LogP contribution in [0.25, 0.3) is 11.4 Å². The van der Waals surface area contributed by atoms with Crippen molar-refractivity contribution in [3.63, 3.8) is 0 Å². The number of morpholine rings is 1. The zero-order chi connectivity index (χ0) is 33.2. The summed E-state index contributed by atoms with van der Waals surface area (Å²) in [6.45, 7) is 4.24. The fourth-order valence-electron chi connectivity index (χ4n) is 7.20. The monoisotopic (exact) mass is 657 g/mol. The normalized spacial score (nSPS) is 24.2. The predicted molar refractivity (Wildman–Crippen MR) is 181 cm³/mol. The van der Waals surface area contributed by atoms with E-state index in [-0.39, 0.29) is 43.3 Å². The summed E-state index contributed by atoms with van der Waals surface area (Å²) in [5.74, 6) is 1.48. The van der Waals surface area contributed by atoms with Gasteiger partial charge in [0.2, 0.25) is 11.9 Å². The number of likely N-dealkylation sites (N-methyl/N-ethyl adjacent to an activating group) is 1. The molecule has 2 unspecified atom stereocenters. The van der Waals surface area contributed by atoms with E-state index in [0.29, 0.717) is 61.0 Å². The van der Waals surface area contributed by atoms with Crippen LogP contribution in [0.5, 0.6) is 0 Å². The minimum Gasteiger partial charge on any atom is -0.394 e. The number of aliphatic hydroxyl groups is 2. The quantitative estimate of drug-likeness (QED) is 0.282. The Hall–Kier alpha value is -4.37. The molecule has 4 fully saturated rings. The maximum atomic E-state index is 12.8. The first kappa shape index (κ1) is 32.2. The Bertz CT molecular complexity index is 1570. The zero-order valence-electron chi connectivity index (χ0n) is 27.2. The van der Waals surface area contributed by atoms with Gasteiger partial charge in [0.1, 0.15) is 0 Å². The van der Waals surface area contributed by atoms with Crippen LogP contribution in [0.2, 0.25) is 0 Å². The van der Waals surface area contributed by atoms with Crippen LogP contribution in [-0.4, -0.2) is 131 Å². The number of amides is 3. The average molecular weight is 658 g/mol. The Balaban J connectivity index is 1.06. The molecule has 7 rings (SSSR count). The molecule has 3 amide bonds. The Morgan fingerprint density at radius 3 is 1.85 bits per heavy atom. The number of hydrogen-bond donors (Lipinski definition) is 4. The van der Waals surface area contributed by atoms with Crippen LogP contribution in [0.1, 0.15) is 36.0 Å². The molecule has 4 saturated heterocycles. The highest BCUT2D eigenvalue weighted by atomic mass is 16.5. The lowest BCUT2D eigenvalue weighted by Gasteiger charge is -2.36. The molecule has 5 heterocycles. The van der Waals surface area contributed by atoms with Crippen molar-refractivity contribution in [2.75, 3.05) is 80.1 Å². The minimum absolute atomic E-state index is 0.00392. The highest BCUT2D eigenvalue weighted by Gasteiger charge is 2.41. The molecule has 4 atom stereocenters. The number of hydrogen-bond acceptors (Lipinski definition) is 11. The van der Waals surface area contributed by atoms with Crippen LogP contribution >= 0.6 is 0 Å². The fourth-order valence-corrected chi connectivity index (χ4v) is 7.20. The molecule has 3 aromatic rings. The van der Waals surface area contributed by atoms with Gasteiger partial charge in [-0.25, -0.2) is 4.79 Å². The summed E-state index contributed by atoms with van der Waals surface area (Å²) in [4.78, 5) is 48.6. The molecule has 0 saturated carbocycles. The molecule has 4 N–H and O–H groups in total. The Kier molecular flexibility index (Phi) is 9.39. The number of aromatic nitrogens is 3.